The highest BCUT2D eigenvalue weighted by Gasteiger charge is 2.42. The molecule has 1 aliphatic rings. The lowest BCUT2D eigenvalue weighted by molar-refractivity contribution is -0.144. The molecule has 0 saturated carbocycles. The quantitative estimate of drug-likeness (QED) is 0.401. The second kappa shape index (κ2) is 13.0. The molecule has 1 N–H and O–H groups in total. The van der Waals surface area contributed by atoms with E-state index in [4.69, 9.17) is 9.47 Å². The molecule has 3 amide bonds. The molecule has 43 heavy (non-hydrogen) atoms. The van der Waals surface area contributed by atoms with Gasteiger partial charge in [-0.25, -0.2) is 4.79 Å². The van der Waals surface area contributed by atoms with Crippen LogP contribution < -0.4 is 10.2 Å². The number of nitrogens with zero attached hydrogens (tertiary/aromatic N) is 2. The van der Waals surface area contributed by atoms with Crippen LogP contribution in [0.15, 0.2) is 48.5 Å². The first kappa shape index (κ1) is 33.4. The van der Waals surface area contributed by atoms with Crippen molar-refractivity contribution in [1.29, 1.82) is 0 Å². The third kappa shape index (κ3) is 9.20. The number of carbonyl (C=O) groups is 4. The van der Waals surface area contributed by atoms with Gasteiger partial charge < -0.3 is 19.7 Å². The first-order valence-corrected chi connectivity index (χ1v) is 13.8. The lowest BCUT2D eigenvalue weighted by Gasteiger charge is -2.35. The van der Waals surface area contributed by atoms with Crippen molar-refractivity contribution in [2.45, 2.75) is 78.9 Å². The summed E-state index contributed by atoms with van der Waals surface area (Å²) in [6.45, 7) is 9.50. The van der Waals surface area contributed by atoms with Crippen molar-refractivity contribution in [3.8, 4) is 0 Å². The molecule has 234 valence electrons. The monoisotopic (exact) mass is 605 g/mol. The SMILES string of the molecule is CC(=O)OCC(C)(C)CN1C(=O)C(CC(=O)NCc2ccccc2C(F)(F)F)N(C(=O)OC(C)(C)C)Cc2ccccc21. The normalized spacial score (nSPS) is 15.8. The van der Waals surface area contributed by atoms with Crippen LogP contribution in [0.1, 0.15) is 64.7 Å². The van der Waals surface area contributed by atoms with Gasteiger partial charge >= 0.3 is 18.2 Å². The predicted octanol–water partition coefficient (Wildman–Crippen LogP) is 5.45. The fourth-order valence-corrected chi connectivity index (χ4v) is 4.67. The van der Waals surface area contributed by atoms with Crippen LogP contribution in [-0.2, 0) is 43.1 Å². The first-order valence-electron chi connectivity index (χ1n) is 13.8. The number of para-hydroxylation sites is 1. The van der Waals surface area contributed by atoms with Crippen molar-refractivity contribution >= 4 is 29.6 Å². The van der Waals surface area contributed by atoms with E-state index < -0.39 is 65.6 Å². The molecular weight excluding hydrogens is 567 g/mol. The average Bonchev–Trinajstić information content (AvgIpc) is 3.00. The van der Waals surface area contributed by atoms with Crippen LogP contribution in [-0.4, -0.2) is 53.6 Å². The second-order valence-electron chi connectivity index (χ2n) is 12.3. The van der Waals surface area contributed by atoms with Gasteiger partial charge in [-0.1, -0.05) is 50.2 Å². The number of alkyl halides is 3. The number of esters is 1. The predicted molar refractivity (Wildman–Crippen MR) is 153 cm³/mol. The lowest BCUT2D eigenvalue weighted by Crippen LogP contribution is -2.53. The zero-order valence-corrected chi connectivity index (χ0v) is 25.2. The van der Waals surface area contributed by atoms with E-state index in [0.29, 0.717) is 11.3 Å². The minimum Gasteiger partial charge on any atom is -0.465 e. The van der Waals surface area contributed by atoms with Gasteiger partial charge in [0.1, 0.15) is 11.6 Å². The summed E-state index contributed by atoms with van der Waals surface area (Å²) < 4.78 is 51.2. The lowest BCUT2D eigenvalue weighted by atomic mass is 9.93. The molecule has 0 saturated heterocycles. The minimum absolute atomic E-state index is 0.00777. The Kier molecular flexibility index (Phi) is 10.1. The molecule has 1 aliphatic heterocycles. The zero-order chi connectivity index (χ0) is 32.2. The van der Waals surface area contributed by atoms with Crippen LogP contribution >= 0.6 is 0 Å². The molecule has 0 fully saturated rings. The summed E-state index contributed by atoms with van der Waals surface area (Å²) in [5.41, 5.74) is -1.52. The van der Waals surface area contributed by atoms with Gasteiger partial charge in [0.05, 0.1) is 25.1 Å². The number of rotatable bonds is 8. The molecular formula is C31H38F3N3O6. The summed E-state index contributed by atoms with van der Waals surface area (Å²) in [7, 11) is 0. The largest absolute Gasteiger partial charge is 0.465 e. The highest BCUT2D eigenvalue weighted by Crippen LogP contribution is 2.34. The molecule has 1 heterocycles. The molecule has 2 aromatic carbocycles. The Morgan fingerprint density at radius 3 is 2.23 bits per heavy atom. The fourth-order valence-electron chi connectivity index (χ4n) is 4.67. The second-order valence-corrected chi connectivity index (χ2v) is 12.3. The number of hydrogen-bond acceptors (Lipinski definition) is 6. The zero-order valence-electron chi connectivity index (χ0n) is 25.2. The molecule has 0 bridgehead atoms. The number of benzene rings is 2. The van der Waals surface area contributed by atoms with Gasteiger partial charge in [0.15, 0.2) is 0 Å². The molecule has 9 nitrogen and oxygen atoms in total. The van der Waals surface area contributed by atoms with Crippen LogP contribution in [0.3, 0.4) is 0 Å². The molecule has 1 atom stereocenters. The Bertz CT molecular complexity index is 1350. The van der Waals surface area contributed by atoms with E-state index in [9.17, 15) is 32.3 Å². The molecule has 0 radical (unpaired) electrons. The number of amides is 3. The van der Waals surface area contributed by atoms with E-state index in [1.165, 1.54) is 34.9 Å². The van der Waals surface area contributed by atoms with E-state index >= 15 is 0 Å². The standard InChI is InChI=1S/C31H38F3N3O6/c1-20(38)42-19-30(5,6)18-37-24-14-10-8-12-22(24)17-36(28(41)43-29(2,3)4)25(27(37)40)15-26(39)35-16-21-11-7-9-13-23(21)31(32,33)34/h7-14,25H,15-19H2,1-6H3,(H,35,39). The third-order valence-corrected chi connectivity index (χ3v) is 6.61. The Labute approximate surface area is 249 Å². The van der Waals surface area contributed by atoms with Crippen molar-refractivity contribution in [2.24, 2.45) is 5.41 Å². The molecule has 2 aromatic rings. The van der Waals surface area contributed by atoms with Crippen LogP contribution in [0.2, 0.25) is 0 Å². The number of nitrogens with one attached hydrogen (secondary N) is 1. The Balaban J connectivity index is 1.96. The maximum atomic E-state index is 14.2. The van der Waals surface area contributed by atoms with E-state index in [1.54, 1.807) is 45.0 Å². The topological polar surface area (TPSA) is 105 Å². The molecule has 1 unspecified atom stereocenters. The fraction of sp³-hybridized carbons (Fsp3) is 0.484. The van der Waals surface area contributed by atoms with Crippen LogP contribution in [0.25, 0.3) is 0 Å². The Hall–Kier alpha value is -4.09. The third-order valence-electron chi connectivity index (χ3n) is 6.61. The van der Waals surface area contributed by atoms with Gasteiger partial charge in [-0.15, -0.1) is 0 Å². The highest BCUT2D eigenvalue weighted by molar-refractivity contribution is 6.02. The van der Waals surface area contributed by atoms with E-state index in [-0.39, 0.29) is 25.3 Å². The summed E-state index contributed by atoms with van der Waals surface area (Å²) in [5.74, 6) is -1.79. The number of fused-ring (bicyclic) bond motifs is 1. The van der Waals surface area contributed by atoms with Crippen LogP contribution in [0.4, 0.5) is 23.7 Å². The molecule has 0 aromatic heterocycles. The van der Waals surface area contributed by atoms with E-state index in [1.807, 2.05) is 13.8 Å². The number of ether oxygens (including phenoxy) is 2. The molecule has 3 rings (SSSR count). The van der Waals surface area contributed by atoms with Gasteiger partial charge in [0.25, 0.3) is 5.91 Å². The summed E-state index contributed by atoms with van der Waals surface area (Å²) in [5, 5.41) is 2.48. The van der Waals surface area contributed by atoms with Gasteiger partial charge in [-0.2, -0.15) is 13.2 Å². The Morgan fingerprint density at radius 1 is 0.977 bits per heavy atom. The first-order chi connectivity index (χ1) is 19.9. The Morgan fingerprint density at radius 2 is 1.60 bits per heavy atom. The number of carbonyl (C=O) groups excluding carboxylic acids is 4. The smallest absolute Gasteiger partial charge is 0.416 e. The molecule has 12 heteroatoms. The van der Waals surface area contributed by atoms with Gasteiger partial charge in [0, 0.05) is 31.1 Å². The average molecular weight is 606 g/mol. The van der Waals surface area contributed by atoms with Crippen LogP contribution in [0, 0.1) is 5.41 Å². The maximum Gasteiger partial charge on any atom is 0.416 e. The molecule has 0 spiro atoms. The van der Waals surface area contributed by atoms with Gasteiger partial charge in [-0.3, -0.25) is 19.3 Å². The van der Waals surface area contributed by atoms with Crippen molar-refractivity contribution in [3.05, 3.63) is 65.2 Å². The highest BCUT2D eigenvalue weighted by atomic mass is 19.4. The number of hydrogen-bond donors (Lipinski definition) is 1. The minimum atomic E-state index is -4.61. The van der Waals surface area contributed by atoms with Crippen molar-refractivity contribution in [2.75, 3.05) is 18.1 Å². The summed E-state index contributed by atoms with van der Waals surface area (Å²) in [6.07, 6.45) is -5.96. The van der Waals surface area contributed by atoms with Crippen molar-refractivity contribution < 1.29 is 41.8 Å². The number of halogens is 3. The summed E-state index contributed by atoms with van der Waals surface area (Å²) in [6, 6.07) is 10.5. The van der Waals surface area contributed by atoms with Crippen molar-refractivity contribution in [1.82, 2.24) is 10.2 Å². The van der Waals surface area contributed by atoms with E-state index in [2.05, 4.69) is 5.32 Å². The van der Waals surface area contributed by atoms with E-state index in [0.717, 1.165) is 6.07 Å². The van der Waals surface area contributed by atoms with Crippen molar-refractivity contribution in [3.63, 3.8) is 0 Å². The van der Waals surface area contributed by atoms with Gasteiger partial charge in [-0.05, 0) is 44.0 Å². The van der Waals surface area contributed by atoms with Gasteiger partial charge in [0.2, 0.25) is 5.91 Å². The number of anilines is 1. The molecule has 0 aliphatic carbocycles. The maximum absolute atomic E-state index is 14.2. The summed E-state index contributed by atoms with van der Waals surface area (Å²) >= 11 is 0. The summed E-state index contributed by atoms with van der Waals surface area (Å²) in [4.78, 5) is 55.0. The van der Waals surface area contributed by atoms with Crippen LogP contribution in [0.5, 0.6) is 0 Å².